The lowest BCUT2D eigenvalue weighted by Crippen LogP contribution is -2.36. The van der Waals surface area contributed by atoms with Gasteiger partial charge >= 0.3 is 0 Å². The molecule has 0 saturated heterocycles. The second-order valence-electron chi connectivity index (χ2n) is 5.63. The van der Waals surface area contributed by atoms with Gasteiger partial charge in [0.2, 0.25) is 5.91 Å². The first kappa shape index (κ1) is 15.0. The van der Waals surface area contributed by atoms with Crippen LogP contribution in [0.1, 0.15) is 48.0 Å². The average Bonchev–Trinajstić information content (AvgIpc) is 2.70. The summed E-state index contributed by atoms with van der Waals surface area (Å²) in [4.78, 5) is 11.2. The molecule has 1 amide bonds. The molecule has 4 N–H and O–H groups in total. The maximum Gasteiger partial charge on any atom is 0.248 e. The van der Waals surface area contributed by atoms with Crippen LogP contribution in [0.15, 0.2) is 24.3 Å². The molecule has 1 saturated carbocycles. The smallest absolute Gasteiger partial charge is 0.248 e. The maximum absolute atomic E-state index is 11.2. The molecule has 1 fully saturated rings. The van der Waals surface area contributed by atoms with E-state index in [0.29, 0.717) is 24.1 Å². The molecule has 0 heterocycles. The lowest BCUT2D eigenvalue weighted by atomic mass is 9.95. The Bertz CT molecular complexity index is 448. The molecule has 4 nitrogen and oxygen atoms in total. The summed E-state index contributed by atoms with van der Waals surface area (Å²) in [5, 5.41) is 13.0. The van der Waals surface area contributed by atoms with Crippen LogP contribution in [-0.4, -0.2) is 23.7 Å². The molecular formula is C16H24N2O2. The predicted molar refractivity (Wildman–Crippen MR) is 79.2 cm³/mol. The highest BCUT2D eigenvalue weighted by Crippen LogP contribution is 2.23. The molecule has 1 aliphatic rings. The Hall–Kier alpha value is -1.39. The Balaban J connectivity index is 1.96. The Kier molecular flexibility index (Phi) is 5.56. The van der Waals surface area contributed by atoms with E-state index in [-0.39, 0.29) is 6.61 Å². The number of benzene rings is 1. The molecule has 110 valence electrons. The van der Waals surface area contributed by atoms with Crippen LogP contribution < -0.4 is 11.1 Å². The van der Waals surface area contributed by atoms with Gasteiger partial charge in [-0.25, -0.2) is 0 Å². The van der Waals surface area contributed by atoms with E-state index in [9.17, 15) is 9.90 Å². The summed E-state index contributed by atoms with van der Waals surface area (Å²) in [6.45, 7) is 0.960. The van der Waals surface area contributed by atoms with Crippen LogP contribution in [0.2, 0.25) is 0 Å². The van der Waals surface area contributed by atoms with Crippen LogP contribution in [0.3, 0.4) is 0 Å². The van der Waals surface area contributed by atoms with Crippen molar-refractivity contribution < 1.29 is 9.90 Å². The van der Waals surface area contributed by atoms with Crippen molar-refractivity contribution in [2.45, 2.75) is 44.7 Å². The molecule has 20 heavy (non-hydrogen) atoms. The number of nitrogens with one attached hydrogen (secondary N) is 1. The van der Waals surface area contributed by atoms with E-state index >= 15 is 0 Å². The molecule has 0 spiro atoms. The van der Waals surface area contributed by atoms with E-state index in [0.717, 1.165) is 18.4 Å². The minimum atomic E-state index is -0.394. The fourth-order valence-electron chi connectivity index (χ4n) is 2.96. The Morgan fingerprint density at radius 1 is 1.30 bits per heavy atom. The first-order chi connectivity index (χ1) is 9.70. The first-order valence-corrected chi connectivity index (χ1v) is 7.43. The fraction of sp³-hybridized carbons (Fsp3) is 0.562. The van der Waals surface area contributed by atoms with Crippen LogP contribution >= 0.6 is 0 Å². The summed E-state index contributed by atoms with van der Waals surface area (Å²) in [6, 6.07) is 7.77. The average molecular weight is 276 g/mol. The van der Waals surface area contributed by atoms with Gasteiger partial charge in [0.25, 0.3) is 0 Å². The van der Waals surface area contributed by atoms with Gasteiger partial charge in [-0.1, -0.05) is 31.4 Å². The Morgan fingerprint density at radius 3 is 2.85 bits per heavy atom. The van der Waals surface area contributed by atoms with E-state index in [1.54, 1.807) is 6.07 Å². The van der Waals surface area contributed by atoms with Gasteiger partial charge in [0.15, 0.2) is 0 Å². The third-order valence-corrected chi connectivity index (χ3v) is 4.17. The number of primary amides is 1. The van der Waals surface area contributed by atoms with Gasteiger partial charge in [0, 0.05) is 24.8 Å². The molecule has 0 aliphatic heterocycles. The van der Waals surface area contributed by atoms with E-state index in [4.69, 9.17) is 5.73 Å². The summed E-state index contributed by atoms with van der Waals surface area (Å²) < 4.78 is 0. The normalized spacial score (nSPS) is 23.2. The van der Waals surface area contributed by atoms with Gasteiger partial charge in [0.05, 0.1) is 0 Å². The standard InChI is InChI=1S/C16H24N2O2/c17-16(20)13-7-4-5-12(9-13)10-18-15-8-3-1-2-6-14(15)11-19/h4-5,7,9,14-15,18-19H,1-3,6,8,10-11H2,(H2,17,20). The predicted octanol–water partition coefficient (Wildman–Crippen LogP) is 1.82. The van der Waals surface area contributed by atoms with Gasteiger partial charge in [-0.15, -0.1) is 0 Å². The van der Waals surface area contributed by atoms with Gasteiger partial charge in [-0.05, 0) is 36.5 Å². The van der Waals surface area contributed by atoms with E-state index in [2.05, 4.69) is 5.32 Å². The third kappa shape index (κ3) is 4.05. The molecule has 1 aromatic rings. The summed E-state index contributed by atoms with van der Waals surface area (Å²) in [5.74, 6) is -0.0497. The number of carbonyl (C=O) groups excluding carboxylic acids is 1. The van der Waals surface area contributed by atoms with Crippen molar-refractivity contribution in [1.82, 2.24) is 5.32 Å². The number of carbonyl (C=O) groups is 1. The minimum Gasteiger partial charge on any atom is -0.396 e. The maximum atomic E-state index is 11.2. The van der Waals surface area contributed by atoms with E-state index < -0.39 is 5.91 Å². The lowest BCUT2D eigenvalue weighted by Gasteiger charge is -2.24. The zero-order chi connectivity index (χ0) is 14.4. The number of nitrogens with two attached hydrogens (primary N) is 1. The zero-order valence-electron chi connectivity index (χ0n) is 11.8. The summed E-state index contributed by atoms with van der Waals surface area (Å²) >= 11 is 0. The highest BCUT2D eigenvalue weighted by Gasteiger charge is 2.22. The Labute approximate surface area is 120 Å². The Morgan fingerprint density at radius 2 is 2.10 bits per heavy atom. The summed E-state index contributed by atoms with van der Waals surface area (Å²) in [7, 11) is 0. The topological polar surface area (TPSA) is 75.4 Å². The van der Waals surface area contributed by atoms with Crippen molar-refractivity contribution >= 4 is 5.91 Å². The second kappa shape index (κ2) is 7.41. The van der Waals surface area contributed by atoms with E-state index in [1.165, 1.54) is 19.3 Å². The number of hydrogen-bond acceptors (Lipinski definition) is 3. The quantitative estimate of drug-likeness (QED) is 0.718. The SMILES string of the molecule is NC(=O)c1cccc(CNC2CCCCCC2CO)c1. The molecule has 0 radical (unpaired) electrons. The number of aliphatic hydroxyl groups excluding tert-OH is 1. The zero-order valence-corrected chi connectivity index (χ0v) is 11.8. The molecular weight excluding hydrogens is 252 g/mol. The molecule has 2 atom stereocenters. The second-order valence-corrected chi connectivity index (χ2v) is 5.63. The van der Waals surface area contributed by atoms with Crippen molar-refractivity contribution in [3.05, 3.63) is 35.4 Å². The lowest BCUT2D eigenvalue weighted by molar-refractivity contribution is 0.1000. The number of hydrogen-bond donors (Lipinski definition) is 3. The molecule has 2 rings (SSSR count). The molecule has 1 aromatic carbocycles. The highest BCUT2D eigenvalue weighted by atomic mass is 16.3. The highest BCUT2D eigenvalue weighted by molar-refractivity contribution is 5.92. The summed E-state index contributed by atoms with van der Waals surface area (Å²) in [6.07, 6.45) is 5.89. The van der Waals surface area contributed by atoms with Gasteiger partial charge in [-0.3, -0.25) is 4.79 Å². The van der Waals surface area contributed by atoms with Crippen molar-refractivity contribution in [1.29, 1.82) is 0 Å². The van der Waals surface area contributed by atoms with Gasteiger partial charge < -0.3 is 16.2 Å². The molecule has 4 heteroatoms. The van der Waals surface area contributed by atoms with Crippen molar-refractivity contribution in [3.63, 3.8) is 0 Å². The monoisotopic (exact) mass is 276 g/mol. The van der Waals surface area contributed by atoms with Crippen LogP contribution in [-0.2, 0) is 6.54 Å². The fourth-order valence-corrected chi connectivity index (χ4v) is 2.96. The van der Waals surface area contributed by atoms with Crippen molar-refractivity contribution in [2.24, 2.45) is 11.7 Å². The van der Waals surface area contributed by atoms with Crippen molar-refractivity contribution in [2.75, 3.05) is 6.61 Å². The van der Waals surface area contributed by atoms with Gasteiger partial charge in [-0.2, -0.15) is 0 Å². The van der Waals surface area contributed by atoms with Crippen LogP contribution in [0.25, 0.3) is 0 Å². The third-order valence-electron chi connectivity index (χ3n) is 4.17. The minimum absolute atomic E-state index is 0.249. The molecule has 0 aromatic heterocycles. The number of rotatable bonds is 5. The van der Waals surface area contributed by atoms with Crippen molar-refractivity contribution in [3.8, 4) is 0 Å². The van der Waals surface area contributed by atoms with Crippen LogP contribution in [0.4, 0.5) is 0 Å². The summed E-state index contributed by atoms with van der Waals surface area (Å²) in [5.41, 5.74) is 6.90. The largest absolute Gasteiger partial charge is 0.396 e. The first-order valence-electron chi connectivity index (χ1n) is 7.43. The number of aliphatic hydroxyl groups is 1. The van der Waals surface area contributed by atoms with Crippen LogP contribution in [0.5, 0.6) is 0 Å². The van der Waals surface area contributed by atoms with Gasteiger partial charge in [0.1, 0.15) is 0 Å². The van der Waals surface area contributed by atoms with E-state index in [1.807, 2.05) is 18.2 Å². The van der Waals surface area contributed by atoms with Crippen LogP contribution in [0, 0.1) is 5.92 Å². The molecule has 2 unspecified atom stereocenters. The molecule has 1 aliphatic carbocycles. The molecule has 0 bridgehead atoms. The number of amides is 1.